The SMILES string of the molecule is CCOC(=O)N(C(=O)N1CC(C)(CCCSC)C(c2ccc(C(F)(F)F)c(Cl)c2)=N1)c1ccc(OC(F)(F)F)cc1. The summed E-state index contributed by atoms with van der Waals surface area (Å²) in [4.78, 5) is 27.1. The Labute approximate surface area is 241 Å². The molecular weight excluding hydrogens is 600 g/mol. The first-order chi connectivity index (χ1) is 19.1. The molecule has 1 atom stereocenters. The van der Waals surface area contributed by atoms with Gasteiger partial charge in [0.15, 0.2) is 0 Å². The van der Waals surface area contributed by atoms with Crippen LogP contribution in [0.2, 0.25) is 5.02 Å². The number of rotatable bonds is 8. The summed E-state index contributed by atoms with van der Waals surface area (Å²) < 4.78 is 86.5. The Balaban J connectivity index is 2.02. The quantitative estimate of drug-likeness (QED) is 0.218. The smallest absolute Gasteiger partial charge is 0.449 e. The van der Waals surface area contributed by atoms with Crippen LogP contribution in [0.3, 0.4) is 0 Å². The van der Waals surface area contributed by atoms with Crippen LogP contribution in [0.4, 0.5) is 41.6 Å². The van der Waals surface area contributed by atoms with Crippen LogP contribution in [0.25, 0.3) is 0 Å². The van der Waals surface area contributed by atoms with Crippen molar-refractivity contribution in [3.63, 3.8) is 0 Å². The Hall–Kier alpha value is -3.13. The minimum absolute atomic E-state index is 0.0423. The molecule has 1 unspecified atom stereocenters. The molecule has 1 aliphatic heterocycles. The van der Waals surface area contributed by atoms with Gasteiger partial charge in [-0.25, -0.2) is 14.6 Å². The van der Waals surface area contributed by atoms with Gasteiger partial charge >= 0.3 is 24.7 Å². The van der Waals surface area contributed by atoms with Crippen LogP contribution in [-0.4, -0.2) is 54.4 Å². The first kappa shape index (κ1) is 32.4. The standard InChI is InChI=1S/C26H26ClF6N3O4S/c1-4-39-23(38)36(17-7-9-18(10-8-17)40-26(31,32)33)22(37)35-15-24(2,12-5-13-41-3)21(34-35)16-6-11-19(20(27)14-16)25(28,29)30/h6-11,14H,4-5,12-13,15H2,1-3H3. The van der Waals surface area contributed by atoms with E-state index in [1.165, 1.54) is 13.0 Å². The van der Waals surface area contributed by atoms with Gasteiger partial charge in [-0.3, -0.25) is 0 Å². The third-order valence-electron chi connectivity index (χ3n) is 6.11. The number of hydrogen-bond donors (Lipinski definition) is 0. The van der Waals surface area contributed by atoms with Crippen molar-refractivity contribution in [2.24, 2.45) is 10.5 Å². The lowest BCUT2D eigenvalue weighted by atomic mass is 9.78. The van der Waals surface area contributed by atoms with E-state index in [0.29, 0.717) is 23.5 Å². The Bertz CT molecular complexity index is 1290. The second kappa shape index (κ2) is 12.8. The predicted octanol–water partition coefficient (Wildman–Crippen LogP) is 8.21. The van der Waals surface area contributed by atoms with Crippen molar-refractivity contribution >= 4 is 46.9 Å². The van der Waals surface area contributed by atoms with Crippen LogP contribution in [0, 0.1) is 5.41 Å². The lowest BCUT2D eigenvalue weighted by Gasteiger charge is -2.28. The molecule has 0 saturated heterocycles. The first-order valence-corrected chi connectivity index (χ1v) is 14.0. The molecule has 0 aliphatic carbocycles. The number of carbonyl (C=O) groups excluding carboxylic acids is 2. The number of carbonyl (C=O) groups is 2. The van der Waals surface area contributed by atoms with E-state index in [0.717, 1.165) is 47.2 Å². The zero-order valence-corrected chi connectivity index (χ0v) is 23.7. The summed E-state index contributed by atoms with van der Waals surface area (Å²) in [6.45, 7) is 3.15. The summed E-state index contributed by atoms with van der Waals surface area (Å²) in [5, 5.41) is 4.85. The van der Waals surface area contributed by atoms with Gasteiger partial charge in [-0.05, 0) is 73.7 Å². The maximum atomic E-state index is 13.7. The second-order valence-electron chi connectivity index (χ2n) is 9.21. The summed E-state index contributed by atoms with van der Waals surface area (Å²) in [6.07, 6.45) is -7.61. The Morgan fingerprint density at radius 2 is 1.78 bits per heavy atom. The fraction of sp³-hybridized carbons (Fsp3) is 0.423. The number of amides is 3. The predicted molar refractivity (Wildman–Crippen MR) is 143 cm³/mol. The van der Waals surface area contributed by atoms with E-state index >= 15 is 0 Å². The first-order valence-electron chi connectivity index (χ1n) is 12.2. The summed E-state index contributed by atoms with van der Waals surface area (Å²) in [5.74, 6) is 0.200. The maximum Gasteiger partial charge on any atom is 0.573 e. The molecular formula is C26H26ClF6N3O4S. The van der Waals surface area contributed by atoms with Gasteiger partial charge in [0.2, 0.25) is 0 Å². The highest BCUT2D eigenvalue weighted by atomic mass is 35.5. The number of urea groups is 1. The molecule has 1 heterocycles. The maximum absolute atomic E-state index is 13.7. The van der Waals surface area contributed by atoms with Crippen molar-refractivity contribution < 1.29 is 45.4 Å². The molecule has 3 rings (SSSR count). The Morgan fingerprint density at radius 3 is 2.32 bits per heavy atom. The molecule has 7 nitrogen and oxygen atoms in total. The number of nitrogens with zero attached hydrogens (tertiary/aromatic N) is 3. The van der Waals surface area contributed by atoms with Gasteiger partial charge in [0.05, 0.1) is 35.1 Å². The molecule has 1 aliphatic rings. The fourth-order valence-electron chi connectivity index (χ4n) is 4.29. The average Bonchev–Trinajstić information content (AvgIpc) is 3.21. The van der Waals surface area contributed by atoms with Gasteiger partial charge in [-0.1, -0.05) is 24.6 Å². The third kappa shape index (κ3) is 8.00. The Kier molecular flexibility index (Phi) is 10.1. The molecule has 41 heavy (non-hydrogen) atoms. The molecule has 2 aromatic rings. The summed E-state index contributed by atoms with van der Waals surface area (Å²) in [5.41, 5.74) is -1.42. The number of benzene rings is 2. The largest absolute Gasteiger partial charge is 0.573 e. The van der Waals surface area contributed by atoms with E-state index in [-0.39, 0.29) is 24.4 Å². The molecule has 15 heteroatoms. The summed E-state index contributed by atoms with van der Waals surface area (Å²) in [6, 6.07) is 6.21. The molecule has 2 aromatic carbocycles. The van der Waals surface area contributed by atoms with Crippen LogP contribution in [0.1, 0.15) is 37.8 Å². The normalized spacial score (nSPS) is 17.3. The van der Waals surface area contributed by atoms with Crippen LogP contribution >= 0.6 is 23.4 Å². The number of halogens is 7. The fourth-order valence-corrected chi connectivity index (χ4v) is 5.01. The molecule has 0 bridgehead atoms. The van der Waals surface area contributed by atoms with Gasteiger partial charge in [-0.2, -0.15) is 34.9 Å². The van der Waals surface area contributed by atoms with Crippen molar-refractivity contribution in [3.8, 4) is 5.75 Å². The molecule has 0 N–H and O–H groups in total. The van der Waals surface area contributed by atoms with E-state index in [9.17, 15) is 35.9 Å². The number of imide groups is 1. The lowest BCUT2D eigenvalue weighted by molar-refractivity contribution is -0.274. The highest BCUT2D eigenvalue weighted by molar-refractivity contribution is 7.98. The number of thioether (sulfide) groups is 1. The van der Waals surface area contributed by atoms with Crippen LogP contribution in [0.5, 0.6) is 5.75 Å². The number of hydrazone groups is 1. The number of alkyl halides is 6. The average molecular weight is 626 g/mol. The van der Waals surface area contributed by atoms with Gasteiger partial charge in [0.25, 0.3) is 0 Å². The molecule has 0 radical (unpaired) electrons. The van der Waals surface area contributed by atoms with E-state index < -0.39 is 46.4 Å². The molecule has 3 amide bonds. The van der Waals surface area contributed by atoms with Crippen LogP contribution < -0.4 is 9.64 Å². The van der Waals surface area contributed by atoms with Crippen molar-refractivity contribution in [3.05, 3.63) is 58.6 Å². The van der Waals surface area contributed by atoms with E-state index in [4.69, 9.17) is 16.3 Å². The second-order valence-corrected chi connectivity index (χ2v) is 10.6. The third-order valence-corrected chi connectivity index (χ3v) is 7.12. The Morgan fingerprint density at radius 1 is 1.12 bits per heavy atom. The van der Waals surface area contributed by atoms with Gasteiger partial charge in [0.1, 0.15) is 5.75 Å². The number of anilines is 1. The molecule has 0 fully saturated rings. The van der Waals surface area contributed by atoms with E-state index in [2.05, 4.69) is 9.84 Å². The zero-order valence-electron chi connectivity index (χ0n) is 22.1. The van der Waals surface area contributed by atoms with Crippen LogP contribution in [-0.2, 0) is 10.9 Å². The molecule has 224 valence electrons. The molecule has 0 aromatic heterocycles. The van der Waals surface area contributed by atoms with Crippen molar-refractivity contribution in [1.29, 1.82) is 0 Å². The van der Waals surface area contributed by atoms with Crippen molar-refractivity contribution in [2.45, 2.75) is 39.2 Å². The number of hydrogen-bond acceptors (Lipinski definition) is 6. The van der Waals surface area contributed by atoms with Crippen LogP contribution in [0.15, 0.2) is 47.6 Å². The van der Waals surface area contributed by atoms with E-state index in [1.807, 2.05) is 6.26 Å². The minimum atomic E-state index is -4.94. The zero-order chi connectivity index (χ0) is 30.6. The van der Waals surface area contributed by atoms with Gasteiger partial charge in [0, 0.05) is 5.41 Å². The minimum Gasteiger partial charge on any atom is -0.449 e. The summed E-state index contributed by atoms with van der Waals surface area (Å²) in [7, 11) is 0. The van der Waals surface area contributed by atoms with Gasteiger partial charge in [-0.15, -0.1) is 13.2 Å². The monoisotopic (exact) mass is 625 g/mol. The van der Waals surface area contributed by atoms with Crippen molar-refractivity contribution in [1.82, 2.24) is 5.01 Å². The topological polar surface area (TPSA) is 71.4 Å². The highest BCUT2D eigenvalue weighted by Crippen LogP contribution is 2.40. The van der Waals surface area contributed by atoms with E-state index in [1.54, 1.807) is 18.7 Å². The molecule has 0 saturated carbocycles. The summed E-state index contributed by atoms with van der Waals surface area (Å²) >= 11 is 7.56. The number of ether oxygens (including phenoxy) is 2. The highest BCUT2D eigenvalue weighted by Gasteiger charge is 2.44. The lowest BCUT2D eigenvalue weighted by Crippen LogP contribution is -2.45. The van der Waals surface area contributed by atoms with Crippen molar-refractivity contribution in [2.75, 3.05) is 30.1 Å². The molecule has 0 spiro atoms. The van der Waals surface area contributed by atoms with Gasteiger partial charge < -0.3 is 9.47 Å².